The highest BCUT2D eigenvalue weighted by atomic mass is 19.1. The van der Waals surface area contributed by atoms with Crippen LogP contribution in [0.15, 0.2) is 24.3 Å². The molecule has 0 unspecified atom stereocenters. The molecule has 0 radical (unpaired) electrons. The lowest BCUT2D eigenvalue weighted by Crippen LogP contribution is -2.53. The average Bonchev–Trinajstić information content (AvgIpc) is 2.47. The SMILES string of the molecule is CC(=O)N[C@@H](Cc1ccccc1F)C(=O)N[C@H](CC(C)C)C(N)=O. The maximum atomic E-state index is 13.8. The van der Waals surface area contributed by atoms with E-state index in [4.69, 9.17) is 5.73 Å². The van der Waals surface area contributed by atoms with Crippen LogP contribution in [0, 0.1) is 11.7 Å². The number of carbonyl (C=O) groups is 3. The molecular weight excluding hydrogens is 313 g/mol. The maximum absolute atomic E-state index is 13.8. The van der Waals surface area contributed by atoms with Crippen molar-refractivity contribution in [3.8, 4) is 0 Å². The van der Waals surface area contributed by atoms with Gasteiger partial charge in [-0.05, 0) is 24.0 Å². The predicted molar refractivity (Wildman–Crippen MR) is 88.3 cm³/mol. The van der Waals surface area contributed by atoms with E-state index >= 15 is 0 Å². The Morgan fingerprint density at radius 3 is 2.25 bits per heavy atom. The molecule has 0 aliphatic rings. The highest BCUT2D eigenvalue weighted by Crippen LogP contribution is 2.10. The highest BCUT2D eigenvalue weighted by molar-refractivity contribution is 5.91. The van der Waals surface area contributed by atoms with Gasteiger partial charge >= 0.3 is 0 Å². The van der Waals surface area contributed by atoms with E-state index in [-0.39, 0.29) is 12.3 Å². The standard InChI is InChI=1S/C17H24FN3O3/c1-10(2)8-14(16(19)23)21-17(24)15(20-11(3)22)9-12-6-4-5-7-13(12)18/h4-7,10,14-15H,8-9H2,1-3H3,(H2,19,23)(H,20,22)(H,21,24)/t14-,15+/m1/s1. The first-order valence-corrected chi connectivity index (χ1v) is 7.81. The summed E-state index contributed by atoms with van der Waals surface area (Å²) < 4.78 is 13.8. The van der Waals surface area contributed by atoms with E-state index in [2.05, 4.69) is 10.6 Å². The number of hydrogen-bond donors (Lipinski definition) is 3. The van der Waals surface area contributed by atoms with Crippen molar-refractivity contribution in [1.82, 2.24) is 10.6 Å². The number of carbonyl (C=O) groups excluding carboxylic acids is 3. The second-order valence-corrected chi connectivity index (χ2v) is 6.14. The second-order valence-electron chi connectivity index (χ2n) is 6.14. The third-order valence-corrected chi connectivity index (χ3v) is 3.44. The molecule has 0 saturated carbocycles. The van der Waals surface area contributed by atoms with E-state index in [1.54, 1.807) is 6.07 Å². The zero-order valence-corrected chi connectivity index (χ0v) is 14.1. The first kappa shape index (κ1) is 19.6. The van der Waals surface area contributed by atoms with Gasteiger partial charge < -0.3 is 16.4 Å². The molecule has 0 aliphatic carbocycles. The molecule has 3 amide bonds. The first-order valence-electron chi connectivity index (χ1n) is 7.81. The van der Waals surface area contributed by atoms with Gasteiger partial charge in [-0.1, -0.05) is 32.0 Å². The molecule has 24 heavy (non-hydrogen) atoms. The summed E-state index contributed by atoms with van der Waals surface area (Å²) in [4.78, 5) is 35.3. The number of primary amides is 1. The third kappa shape index (κ3) is 6.36. The van der Waals surface area contributed by atoms with Crippen LogP contribution in [0.5, 0.6) is 0 Å². The molecule has 2 atom stereocenters. The molecule has 0 bridgehead atoms. The molecule has 6 nitrogen and oxygen atoms in total. The van der Waals surface area contributed by atoms with Crippen molar-refractivity contribution in [3.05, 3.63) is 35.6 Å². The lowest BCUT2D eigenvalue weighted by atomic mass is 10.0. The lowest BCUT2D eigenvalue weighted by molar-refractivity contribution is -0.131. The number of halogens is 1. The number of nitrogens with one attached hydrogen (secondary N) is 2. The second kappa shape index (κ2) is 9.00. The molecule has 132 valence electrons. The van der Waals surface area contributed by atoms with Crippen LogP contribution in [0.4, 0.5) is 4.39 Å². The van der Waals surface area contributed by atoms with Gasteiger partial charge in [0.25, 0.3) is 0 Å². The van der Waals surface area contributed by atoms with Crippen LogP contribution >= 0.6 is 0 Å². The number of benzene rings is 1. The summed E-state index contributed by atoms with van der Waals surface area (Å²) in [6.45, 7) is 5.06. The Labute approximate surface area is 141 Å². The fraction of sp³-hybridized carbons (Fsp3) is 0.471. The first-order chi connectivity index (χ1) is 11.2. The van der Waals surface area contributed by atoms with Gasteiger partial charge in [0.05, 0.1) is 0 Å². The zero-order chi connectivity index (χ0) is 18.3. The smallest absolute Gasteiger partial charge is 0.243 e. The molecule has 0 spiro atoms. The van der Waals surface area contributed by atoms with E-state index < -0.39 is 35.6 Å². The third-order valence-electron chi connectivity index (χ3n) is 3.44. The molecule has 7 heteroatoms. The molecule has 1 aromatic carbocycles. The molecule has 0 fully saturated rings. The van der Waals surface area contributed by atoms with Crippen molar-refractivity contribution in [2.24, 2.45) is 11.7 Å². The Balaban J connectivity index is 2.90. The Bertz CT molecular complexity index is 604. The van der Waals surface area contributed by atoms with Gasteiger partial charge in [0, 0.05) is 13.3 Å². The molecule has 4 N–H and O–H groups in total. The summed E-state index contributed by atoms with van der Waals surface area (Å²) in [7, 11) is 0. The summed E-state index contributed by atoms with van der Waals surface area (Å²) >= 11 is 0. The molecule has 0 saturated heterocycles. The molecular formula is C17H24FN3O3. The lowest BCUT2D eigenvalue weighted by Gasteiger charge is -2.22. The quantitative estimate of drug-likeness (QED) is 0.656. The van der Waals surface area contributed by atoms with Crippen molar-refractivity contribution in [2.75, 3.05) is 0 Å². The Morgan fingerprint density at radius 2 is 1.75 bits per heavy atom. The van der Waals surface area contributed by atoms with Crippen molar-refractivity contribution in [3.63, 3.8) is 0 Å². The fourth-order valence-corrected chi connectivity index (χ4v) is 2.33. The number of amides is 3. The molecule has 1 rings (SSSR count). The topological polar surface area (TPSA) is 101 Å². The van der Waals surface area contributed by atoms with Crippen LogP contribution in [0.25, 0.3) is 0 Å². The number of rotatable bonds is 8. The average molecular weight is 337 g/mol. The Morgan fingerprint density at radius 1 is 1.12 bits per heavy atom. The van der Waals surface area contributed by atoms with E-state index in [0.29, 0.717) is 12.0 Å². The monoisotopic (exact) mass is 337 g/mol. The summed E-state index contributed by atoms with van der Waals surface area (Å²) in [5.74, 6) is -1.96. The maximum Gasteiger partial charge on any atom is 0.243 e. The Hall–Kier alpha value is -2.44. The highest BCUT2D eigenvalue weighted by Gasteiger charge is 2.26. The van der Waals surface area contributed by atoms with Gasteiger partial charge in [0.15, 0.2) is 0 Å². The normalized spacial score (nSPS) is 13.2. The summed E-state index contributed by atoms with van der Waals surface area (Å²) in [6.07, 6.45) is 0.360. The molecule has 0 aromatic heterocycles. The summed E-state index contributed by atoms with van der Waals surface area (Å²) in [6, 6.07) is 4.17. The van der Waals surface area contributed by atoms with E-state index in [9.17, 15) is 18.8 Å². The Kier molecular flexibility index (Phi) is 7.35. The van der Waals surface area contributed by atoms with Crippen molar-refractivity contribution >= 4 is 17.7 Å². The summed E-state index contributed by atoms with van der Waals surface area (Å²) in [5.41, 5.74) is 5.61. The van der Waals surface area contributed by atoms with Crippen molar-refractivity contribution in [1.29, 1.82) is 0 Å². The van der Waals surface area contributed by atoms with Crippen LogP contribution in [-0.2, 0) is 20.8 Å². The minimum Gasteiger partial charge on any atom is -0.368 e. The van der Waals surface area contributed by atoms with Gasteiger partial charge in [-0.2, -0.15) is 0 Å². The van der Waals surface area contributed by atoms with Crippen LogP contribution in [-0.4, -0.2) is 29.8 Å². The van der Waals surface area contributed by atoms with Crippen molar-refractivity contribution in [2.45, 2.75) is 45.7 Å². The van der Waals surface area contributed by atoms with E-state index in [0.717, 1.165) is 0 Å². The molecule has 1 aromatic rings. The number of hydrogen-bond acceptors (Lipinski definition) is 3. The van der Waals surface area contributed by atoms with Crippen LogP contribution in [0.1, 0.15) is 32.8 Å². The van der Waals surface area contributed by atoms with Gasteiger partial charge in [-0.3, -0.25) is 14.4 Å². The van der Waals surface area contributed by atoms with Crippen LogP contribution in [0.2, 0.25) is 0 Å². The van der Waals surface area contributed by atoms with Crippen LogP contribution < -0.4 is 16.4 Å². The van der Waals surface area contributed by atoms with Gasteiger partial charge in [0.1, 0.15) is 17.9 Å². The van der Waals surface area contributed by atoms with E-state index in [1.165, 1.54) is 25.1 Å². The molecule has 0 heterocycles. The van der Waals surface area contributed by atoms with Gasteiger partial charge in [-0.15, -0.1) is 0 Å². The largest absolute Gasteiger partial charge is 0.368 e. The van der Waals surface area contributed by atoms with Gasteiger partial charge in [0.2, 0.25) is 17.7 Å². The summed E-state index contributed by atoms with van der Waals surface area (Å²) in [5, 5.41) is 5.03. The van der Waals surface area contributed by atoms with Gasteiger partial charge in [-0.25, -0.2) is 4.39 Å². The number of nitrogens with two attached hydrogens (primary N) is 1. The van der Waals surface area contributed by atoms with Crippen LogP contribution in [0.3, 0.4) is 0 Å². The minimum atomic E-state index is -0.992. The zero-order valence-electron chi connectivity index (χ0n) is 14.1. The van der Waals surface area contributed by atoms with Crippen molar-refractivity contribution < 1.29 is 18.8 Å². The fourth-order valence-electron chi connectivity index (χ4n) is 2.33. The van der Waals surface area contributed by atoms with E-state index in [1.807, 2.05) is 13.8 Å². The predicted octanol–water partition coefficient (Wildman–Crippen LogP) is 0.889. The minimum absolute atomic E-state index is 0.0226. The molecule has 0 aliphatic heterocycles.